The summed E-state index contributed by atoms with van der Waals surface area (Å²) in [5.74, 6) is -0.536. The Balaban J connectivity index is 1.93. The highest BCUT2D eigenvalue weighted by atomic mass is 32.1. The number of thiophene rings is 1. The molecule has 6 nitrogen and oxygen atoms in total. The number of nitriles is 1. The first-order valence-electron chi connectivity index (χ1n) is 8.18. The molecule has 0 aliphatic heterocycles. The summed E-state index contributed by atoms with van der Waals surface area (Å²) in [6.07, 6.45) is 0. The number of aryl methyl sites for hydroxylation is 1. The van der Waals surface area contributed by atoms with Gasteiger partial charge in [0.15, 0.2) is 0 Å². The van der Waals surface area contributed by atoms with E-state index in [2.05, 4.69) is 11.4 Å². The van der Waals surface area contributed by atoms with Crippen molar-refractivity contribution in [2.24, 2.45) is 0 Å². The SMILES string of the molecule is CCOC(=O)c1sc(NC(=O)CN(C)Cc2cccc(C#N)c2)cc1C. The molecule has 2 aromatic rings. The van der Waals surface area contributed by atoms with Crippen LogP contribution in [0.15, 0.2) is 30.3 Å². The largest absolute Gasteiger partial charge is 0.462 e. The third kappa shape index (κ3) is 5.41. The van der Waals surface area contributed by atoms with Gasteiger partial charge in [0.05, 0.1) is 29.8 Å². The first-order chi connectivity index (χ1) is 12.4. The summed E-state index contributed by atoms with van der Waals surface area (Å²) >= 11 is 1.21. The minimum absolute atomic E-state index is 0.166. The molecular formula is C19H21N3O3S. The number of hydrogen-bond acceptors (Lipinski definition) is 6. The van der Waals surface area contributed by atoms with Gasteiger partial charge in [-0.05, 0) is 50.2 Å². The standard InChI is InChI=1S/C19H21N3O3S/c1-4-25-19(24)18-13(2)8-17(26-18)21-16(23)12-22(3)11-15-7-5-6-14(9-15)10-20/h5-9H,4,11-12H2,1-3H3,(H,21,23). The molecule has 0 bridgehead atoms. The van der Waals surface area contributed by atoms with E-state index in [0.717, 1.165) is 11.1 Å². The zero-order chi connectivity index (χ0) is 19.1. The Labute approximate surface area is 157 Å². The number of ether oxygens (including phenoxy) is 1. The van der Waals surface area contributed by atoms with Gasteiger partial charge in [-0.15, -0.1) is 11.3 Å². The number of amides is 1. The highest BCUT2D eigenvalue weighted by Crippen LogP contribution is 2.27. The second-order valence-corrected chi connectivity index (χ2v) is 6.93. The van der Waals surface area contributed by atoms with E-state index >= 15 is 0 Å². The van der Waals surface area contributed by atoms with Crippen molar-refractivity contribution in [1.82, 2.24) is 4.90 Å². The molecule has 0 aliphatic rings. The molecule has 26 heavy (non-hydrogen) atoms. The maximum atomic E-state index is 12.2. The molecular weight excluding hydrogens is 350 g/mol. The van der Waals surface area contributed by atoms with Crippen molar-refractivity contribution in [3.05, 3.63) is 51.9 Å². The average Bonchev–Trinajstić information content (AvgIpc) is 2.95. The Morgan fingerprint density at radius 2 is 2.12 bits per heavy atom. The normalized spacial score (nSPS) is 10.4. The highest BCUT2D eigenvalue weighted by Gasteiger charge is 2.16. The summed E-state index contributed by atoms with van der Waals surface area (Å²) in [4.78, 5) is 26.4. The van der Waals surface area contributed by atoms with Gasteiger partial charge in [0, 0.05) is 6.54 Å². The minimum atomic E-state index is -0.370. The van der Waals surface area contributed by atoms with Crippen molar-refractivity contribution < 1.29 is 14.3 Å². The summed E-state index contributed by atoms with van der Waals surface area (Å²) in [6, 6.07) is 11.2. The number of rotatable bonds is 7. The second kappa shape index (κ2) is 9.13. The van der Waals surface area contributed by atoms with E-state index in [9.17, 15) is 9.59 Å². The number of carbonyl (C=O) groups excluding carboxylic acids is 2. The van der Waals surface area contributed by atoms with Crippen LogP contribution in [0.1, 0.15) is 33.3 Å². The molecule has 0 saturated heterocycles. The summed E-state index contributed by atoms with van der Waals surface area (Å²) in [6.45, 7) is 4.64. The van der Waals surface area contributed by atoms with Gasteiger partial charge >= 0.3 is 5.97 Å². The molecule has 0 radical (unpaired) electrons. The molecule has 0 saturated carbocycles. The Morgan fingerprint density at radius 1 is 1.35 bits per heavy atom. The smallest absolute Gasteiger partial charge is 0.348 e. The van der Waals surface area contributed by atoms with Gasteiger partial charge in [0.1, 0.15) is 4.88 Å². The number of nitrogens with one attached hydrogen (secondary N) is 1. The van der Waals surface area contributed by atoms with Crippen LogP contribution in [0, 0.1) is 18.3 Å². The van der Waals surface area contributed by atoms with Crippen molar-refractivity contribution in [1.29, 1.82) is 5.26 Å². The lowest BCUT2D eigenvalue weighted by Gasteiger charge is -2.16. The van der Waals surface area contributed by atoms with Crippen LogP contribution < -0.4 is 5.32 Å². The zero-order valence-corrected chi connectivity index (χ0v) is 15.9. The first-order valence-corrected chi connectivity index (χ1v) is 8.99. The number of esters is 1. The van der Waals surface area contributed by atoms with E-state index in [-0.39, 0.29) is 18.4 Å². The Morgan fingerprint density at radius 3 is 2.81 bits per heavy atom. The van der Waals surface area contributed by atoms with Crippen LogP contribution in [-0.2, 0) is 16.1 Å². The molecule has 0 atom stereocenters. The van der Waals surface area contributed by atoms with Crippen LogP contribution in [0.3, 0.4) is 0 Å². The topological polar surface area (TPSA) is 82.4 Å². The fourth-order valence-corrected chi connectivity index (χ4v) is 3.45. The average molecular weight is 371 g/mol. The van der Waals surface area contributed by atoms with Crippen molar-refractivity contribution in [3.63, 3.8) is 0 Å². The molecule has 1 aromatic heterocycles. The lowest BCUT2D eigenvalue weighted by molar-refractivity contribution is -0.117. The fraction of sp³-hybridized carbons (Fsp3) is 0.316. The molecule has 0 unspecified atom stereocenters. The van der Waals surface area contributed by atoms with E-state index in [1.165, 1.54) is 11.3 Å². The van der Waals surface area contributed by atoms with Gasteiger partial charge in [-0.3, -0.25) is 9.69 Å². The Kier molecular flexibility index (Phi) is 6.89. The lowest BCUT2D eigenvalue weighted by Crippen LogP contribution is -2.29. The Hall–Kier alpha value is -2.69. The van der Waals surface area contributed by atoms with Gasteiger partial charge in [-0.25, -0.2) is 4.79 Å². The third-order valence-electron chi connectivity index (χ3n) is 3.56. The van der Waals surface area contributed by atoms with Crippen molar-refractivity contribution in [3.8, 4) is 6.07 Å². The number of benzene rings is 1. The Bertz CT molecular complexity index is 839. The van der Waals surface area contributed by atoms with Gasteiger partial charge < -0.3 is 10.1 Å². The maximum Gasteiger partial charge on any atom is 0.348 e. The molecule has 1 aromatic carbocycles. The molecule has 0 fully saturated rings. The van der Waals surface area contributed by atoms with Crippen LogP contribution in [-0.4, -0.2) is 37.0 Å². The molecule has 0 spiro atoms. The molecule has 2 rings (SSSR count). The highest BCUT2D eigenvalue weighted by molar-refractivity contribution is 7.18. The van der Waals surface area contributed by atoms with Crippen molar-refractivity contribution in [2.45, 2.75) is 20.4 Å². The van der Waals surface area contributed by atoms with Gasteiger partial charge in [-0.1, -0.05) is 12.1 Å². The molecule has 1 amide bonds. The van der Waals surface area contributed by atoms with Gasteiger partial charge in [0.25, 0.3) is 0 Å². The third-order valence-corrected chi connectivity index (χ3v) is 4.70. The predicted molar refractivity (Wildman–Crippen MR) is 101 cm³/mol. The van der Waals surface area contributed by atoms with E-state index < -0.39 is 0 Å². The van der Waals surface area contributed by atoms with Crippen LogP contribution in [0.2, 0.25) is 0 Å². The van der Waals surface area contributed by atoms with Crippen LogP contribution in [0.5, 0.6) is 0 Å². The van der Waals surface area contributed by atoms with Crippen molar-refractivity contribution >= 4 is 28.2 Å². The summed E-state index contributed by atoms with van der Waals surface area (Å²) < 4.78 is 5.00. The summed E-state index contributed by atoms with van der Waals surface area (Å²) in [5, 5.41) is 12.4. The quantitative estimate of drug-likeness (QED) is 0.756. The van der Waals surface area contributed by atoms with E-state index in [4.69, 9.17) is 10.00 Å². The number of hydrogen-bond donors (Lipinski definition) is 1. The lowest BCUT2D eigenvalue weighted by atomic mass is 10.1. The molecule has 0 aliphatic carbocycles. The van der Waals surface area contributed by atoms with E-state index in [1.54, 1.807) is 19.1 Å². The number of likely N-dealkylation sites (N-methyl/N-ethyl adjacent to an activating group) is 1. The molecule has 136 valence electrons. The zero-order valence-electron chi connectivity index (χ0n) is 15.0. The van der Waals surface area contributed by atoms with E-state index in [1.807, 2.05) is 37.1 Å². The number of nitrogens with zero attached hydrogens (tertiary/aromatic N) is 2. The fourth-order valence-electron chi connectivity index (χ4n) is 2.47. The van der Waals surface area contributed by atoms with Crippen molar-refractivity contribution in [2.75, 3.05) is 25.5 Å². The van der Waals surface area contributed by atoms with Crippen LogP contribution in [0.25, 0.3) is 0 Å². The monoisotopic (exact) mass is 371 g/mol. The first kappa shape index (κ1) is 19.6. The van der Waals surface area contributed by atoms with Gasteiger partial charge in [-0.2, -0.15) is 5.26 Å². The maximum absolute atomic E-state index is 12.2. The number of anilines is 1. The summed E-state index contributed by atoms with van der Waals surface area (Å²) in [5.41, 5.74) is 2.35. The van der Waals surface area contributed by atoms with Crippen LogP contribution >= 0.6 is 11.3 Å². The predicted octanol–water partition coefficient (Wildman–Crippen LogP) is 3.18. The number of carbonyl (C=O) groups is 2. The molecule has 1 N–H and O–H groups in total. The van der Waals surface area contributed by atoms with E-state index in [0.29, 0.717) is 28.6 Å². The minimum Gasteiger partial charge on any atom is -0.462 e. The van der Waals surface area contributed by atoms with Crippen LogP contribution in [0.4, 0.5) is 5.00 Å². The second-order valence-electron chi connectivity index (χ2n) is 5.88. The molecule has 7 heteroatoms. The molecule has 1 heterocycles. The summed E-state index contributed by atoms with van der Waals surface area (Å²) in [7, 11) is 1.84. The van der Waals surface area contributed by atoms with Gasteiger partial charge in [0.2, 0.25) is 5.91 Å².